The van der Waals surface area contributed by atoms with Crippen LogP contribution in [0.25, 0.3) is 6.08 Å². The zero-order valence-electron chi connectivity index (χ0n) is 16.7. The summed E-state index contributed by atoms with van der Waals surface area (Å²) in [5, 5.41) is 6.93. The van der Waals surface area contributed by atoms with Crippen molar-refractivity contribution in [2.75, 3.05) is 36.4 Å². The smallest absolute Gasteiger partial charge is 0.239 e. The van der Waals surface area contributed by atoms with Gasteiger partial charge in [0.25, 0.3) is 0 Å². The molecule has 0 aliphatic carbocycles. The lowest BCUT2D eigenvalue weighted by Crippen LogP contribution is -2.47. The molecule has 1 heterocycles. The minimum Gasteiger partial charge on any atom is -0.359 e. The second kappa shape index (κ2) is 10.4. The van der Waals surface area contributed by atoms with Crippen molar-refractivity contribution < 1.29 is 18.0 Å². The molecule has 0 atom stereocenters. The number of rotatable bonds is 8. The van der Waals surface area contributed by atoms with Gasteiger partial charge in [0.1, 0.15) is 0 Å². The maximum Gasteiger partial charge on any atom is 0.239 e. The lowest BCUT2D eigenvalue weighted by atomic mass is 10.2. The molecule has 10 heteroatoms. The van der Waals surface area contributed by atoms with Crippen molar-refractivity contribution in [1.82, 2.24) is 10.0 Å². The first-order chi connectivity index (χ1) is 14.8. The van der Waals surface area contributed by atoms with Crippen molar-refractivity contribution >= 4 is 50.9 Å². The Labute approximate surface area is 186 Å². The van der Waals surface area contributed by atoms with Crippen molar-refractivity contribution in [2.45, 2.75) is 6.42 Å². The summed E-state index contributed by atoms with van der Waals surface area (Å²) in [6.07, 6.45) is 1.45. The average molecular weight is 463 g/mol. The summed E-state index contributed by atoms with van der Waals surface area (Å²) in [5.41, 5.74) is 1.97. The first kappa shape index (κ1) is 22.8. The van der Waals surface area contributed by atoms with Gasteiger partial charge in [-0.15, -0.1) is 0 Å². The van der Waals surface area contributed by atoms with Crippen LogP contribution in [0.4, 0.5) is 11.4 Å². The summed E-state index contributed by atoms with van der Waals surface area (Å²) in [6, 6.07) is 14.1. The Morgan fingerprint density at radius 2 is 1.97 bits per heavy atom. The van der Waals surface area contributed by atoms with Gasteiger partial charge in [-0.05, 0) is 29.8 Å². The Hall–Kier alpha value is -2.88. The number of sulfonamides is 1. The number of amides is 2. The number of halogens is 1. The monoisotopic (exact) mass is 462 g/mol. The Morgan fingerprint density at radius 1 is 1.19 bits per heavy atom. The summed E-state index contributed by atoms with van der Waals surface area (Å²) in [5.74, 6) is -0.420. The van der Waals surface area contributed by atoms with E-state index in [1.807, 2.05) is 23.1 Å². The molecule has 0 radical (unpaired) electrons. The van der Waals surface area contributed by atoms with Gasteiger partial charge in [-0.3, -0.25) is 9.59 Å². The highest BCUT2D eigenvalue weighted by molar-refractivity contribution is 7.92. The molecule has 2 aromatic rings. The predicted molar refractivity (Wildman–Crippen MR) is 122 cm³/mol. The van der Waals surface area contributed by atoms with Gasteiger partial charge in [0.15, 0.2) is 0 Å². The van der Waals surface area contributed by atoms with E-state index in [0.717, 1.165) is 11.0 Å². The van der Waals surface area contributed by atoms with Crippen LogP contribution in [-0.4, -0.2) is 46.4 Å². The van der Waals surface area contributed by atoms with E-state index in [9.17, 15) is 18.0 Å². The number of benzene rings is 2. The van der Waals surface area contributed by atoms with Gasteiger partial charge in [0.2, 0.25) is 21.8 Å². The van der Waals surface area contributed by atoms with Crippen LogP contribution < -0.4 is 20.3 Å². The summed E-state index contributed by atoms with van der Waals surface area (Å²) < 4.78 is 26.4. The summed E-state index contributed by atoms with van der Waals surface area (Å²) >= 11 is 6.32. The van der Waals surface area contributed by atoms with Crippen LogP contribution in [0.15, 0.2) is 53.9 Å². The third-order valence-electron chi connectivity index (χ3n) is 4.51. The van der Waals surface area contributed by atoms with Gasteiger partial charge in [0, 0.05) is 37.2 Å². The maximum atomic E-state index is 12.1. The third kappa shape index (κ3) is 7.09. The standard InChI is InChI=1S/C21H23ClN4O4S/c22-18-14-17(6-7-19(18)26-12-11-23-21(28)15-26)25-20(27)8-10-24-31(29,30)13-9-16-4-2-1-3-5-16/h1-7,9,13-14,24H,8,10-12,15H2,(H,23,28)(H,25,27)/b13-9+. The Kier molecular flexibility index (Phi) is 7.67. The molecule has 0 unspecified atom stereocenters. The first-order valence-corrected chi connectivity index (χ1v) is 11.6. The number of hydrogen-bond acceptors (Lipinski definition) is 5. The van der Waals surface area contributed by atoms with Gasteiger partial charge in [-0.25, -0.2) is 13.1 Å². The van der Waals surface area contributed by atoms with Gasteiger partial charge >= 0.3 is 0 Å². The molecule has 0 saturated carbocycles. The summed E-state index contributed by atoms with van der Waals surface area (Å²) in [7, 11) is -3.65. The van der Waals surface area contributed by atoms with E-state index in [0.29, 0.717) is 29.5 Å². The SMILES string of the molecule is O=C1CN(c2ccc(NC(=O)CCNS(=O)(=O)/C=C/c3ccccc3)cc2Cl)CCN1. The third-order valence-corrected chi connectivity index (χ3v) is 5.91. The van der Waals surface area contributed by atoms with Crippen molar-refractivity contribution in [3.05, 3.63) is 64.5 Å². The molecule has 31 heavy (non-hydrogen) atoms. The number of nitrogens with zero attached hydrogens (tertiary/aromatic N) is 1. The van der Waals surface area contributed by atoms with E-state index in [1.165, 1.54) is 6.08 Å². The molecule has 1 aliphatic heterocycles. The average Bonchev–Trinajstić information content (AvgIpc) is 2.73. The highest BCUT2D eigenvalue weighted by Gasteiger charge is 2.19. The zero-order valence-corrected chi connectivity index (χ0v) is 18.2. The molecular weight excluding hydrogens is 440 g/mol. The van der Waals surface area contributed by atoms with Crippen LogP contribution in [-0.2, 0) is 19.6 Å². The Morgan fingerprint density at radius 3 is 2.68 bits per heavy atom. The Balaban J connectivity index is 1.48. The van der Waals surface area contributed by atoms with E-state index in [-0.39, 0.29) is 31.3 Å². The van der Waals surface area contributed by atoms with Crippen molar-refractivity contribution in [3.63, 3.8) is 0 Å². The minimum absolute atomic E-state index is 0.0376. The molecule has 2 amide bonds. The maximum absolute atomic E-state index is 12.1. The molecule has 3 N–H and O–H groups in total. The number of anilines is 2. The molecule has 1 saturated heterocycles. The predicted octanol–water partition coefficient (Wildman–Crippen LogP) is 2.20. The minimum atomic E-state index is -3.65. The first-order valence-electron chi connectivity index (χ1n) is 9.66. The molecule has 0 spiro atoms. The van der Waals surface area contributed by atoms with E-state index >= 15 is 0 Å². The summed E-state index contributed by atoms with van der Waals surface area (Å²) in [6.45, 7) is 1.38. The van der Waals surface area contributed by atoms with Crippen molar-refractivity contribution in [2.24, 2.45) is 0 Å². The number of carbonyl (C=O) groups is 2. The number of nitrogens with one attached hydrogen (secondary N) is 3. The molecular formula is C21H23ClN4O4S. The fraction of sp³-hybridized carbons (Fsp3) is 0.238. The van der Waals surface area contributed by atoms with E-state index < -0.39 is 10.0 Å². The van der Waals surface area contributed by atoms with Gasteiger partial charge in [-0.1, -0.05) is 41.9 Å². The van der Waals surface area contributed by atoms with E-state index in [1.54, 1.807) is 30.3 Å². The van der Waals surface area contributed by atoms with Crippen LogP contribution in [0.1, 0.15) is 12.0 Å². The molecule has 8 nitrogen and oxygen atoms in total. The van der Waals surface area contributed by atoms with Gasteiger partial charge in [-0.2, -0.15) is 0 Å². The lowest BCUT2D eigenvalue weighted by molar-refractivity contribution is -0.120. The molecule has 1 aliphatic rings. The van der Waals surface area contributed by atoms with Crippen LogP contribution in [0.5, 0.6) is 0 Å². The van der Waals surface area contributed by atoms with E-state index in [2.05, 4.69) is 15.4 Å². The number of carbonyl (C=O) groups excluding carboxylic acids is 2. The van der Waals surface area contributed by atoms with Crippen molar-refractivity contribution in [3.8, 4) is 0 Å². The van der Waals surface area contributed by atoms with Crippen LogP contribution in [0, 0.1) is 0 Å². The van der Waals surface area contributed by atoms with Gasteiger partial charge < -0.3 is 15.5 Å². The quantitative estimate of drug-likeness (QED) is 0.557. The fourth-order valence-corrected chi connectivity index (χ4v) is 4.12. The molecule has 164 valence electrons. The number of piperazine rings is 1. The number of hydrogen-bond donors (Lipinski definition) is 3. The van der Waals surface area contributed by atoms with Crippen LogP contribution in [0.3, 0.4) is 0 Å². The second-order valence-electron chi connectivity index (χ2n) is 6.89. The second-order valence-corrected chi connectivity index (χ2v) is 8.95. The highest BCUT2D eigenvalue weighted by Crippen LogP contribution is 2.29. The Bertz CT molecular complexity index is 1070. The normalized spacial score (nSPS) is 14.5. The topological polar surface area (TPSA) is 108 Å². The zero-order chi connectivity index (χ0) is 22.3. The molecule has 2 aromatic carbocycles. The van der Waals surface area contributed by atoms with Crippen LogP contribution in [0.2, 0.25) is 5.02 Å². The lowest BCUT2D eigenvalue weighted by Gasteiger charge is -2.29. The molecule has 1 fully saturated rings. The molecule has 0 aromatic heterocycles. The van der Waals surface area contributed by atoms with Crippen molar-refractivity contribution in [1.29, 1.82) is 0 Å². The summed E-state index contributed by atoms with van der Waals surface area (Å²) in [4.78, 5) is 25.6. The van der Waals surface area contributed by atoms with Crippen LogP contribution >= 0.6 is 11.6 Å². The fourth-order valence-electron chi connectivity index (χ4n) is 3.00. The molecule has 3 rings (SSSR count). The highest BCUT2D eigenvalue weighted by atomic mass is 35.5. The molecule has 0 bridgehead atoms. The van der Waals surface area contributed by atoms with E-state index in [4.69, 9.17) is 11.6 Å². The van der Waals surface area contributed by atoms with Gasteiger partial charge in [0.05, 0.1) is 17.3 Å². The largest absolute Gasteiger partial charge is 0.359 e.